The lowest BCUT2D eigenvalue weighted by molar-refractivity contribution is -0.00940. The molecule has 4 aromatic rings. The quantitative estimate of drug-likeness (QED) is 0.500. The lowest BCUT2D eigenvalue weighted by Crippen LogP contribution is -2.70. The summed E-state index contributed by atoms with van der Waals surface area (Å²) < 4.78 is 2.12. The molecule has 0 aliphatic carbocycles. The lowest BCUT2D eigenvalue weighted by Gasteiger charge is -2.51. The molecule has 2 aliphatic heterocycles. The highest BCUT2D eigenvalue weighted by atomic mass is 32.1. The van der Waals surface area contributed by atoms with Crippen molar-refractivity contribution in [1.29, 1.82) is 0 Å². The van der Waals surface area contributed by atoms with Crippen LogP contribution in [0.15, 0.2) is 72.4 Å². The van der Waals surface area contributed by atoms with E-state index in [1.165, 1.54) is 11.3 Å². The fraction of sp³-hybridized carbons (Fsp3) is 0.240. The number of fused-ring (bicyclic) bond motifs is 1. The average molecular weight is 458 g/mol. The van der Waals surface area contributed by atoms with Crippen LogP contribution in [0.25, 0.3) is 16.6 Å². The Morgan fingerprint density at radius 3 is 2.58 bits per heavy atom. The van der Waals surface area contributed by atoms with Gasteiger partial charge in [0.25, 0.3) is 11.8 Å². The van der Waals surface area contributed by atoms with Gasteiger partial charge in [-0.3, -0.25) is 14.5 Å². The van der Waals surface area contributed by atoms with E-state index in [1.54, 1.807) is 11.6 Å². The Labute approximate surface area is 195 Å². The monoisotopic (exact) mass is 457 g/mol. The Morgan fingerprint density at radius 2 is 1.82 bits per heavy atom. The molecule has 0 bridgehead atoms. The maximum Gasteiger partial charge on any atom is 0.280 e. The van der Waals surface area contributed by atoms with Crippen LogP contribution in [0, 0.1) is 0 Å². The molecule has 2 saturated heterocycles. The fourth-order valence-electron chi connectivity index (χ4n) is 4.59. The van der Waals surface area contributed by atoms with Crippen molar-refractivity contribution in [3.8, 4) is 5.69 Å². The van der Waals surface area contributed by atoms with Crippen LogP contribution < -0.4 is 5.32 Å². The predicted molar refractivity (Wildman–Crippen MR) is 128 cm³/mol. The zero-order valence-corrected chi connectivity index (χ0v) is 18.7. The second kappa shape index (κ2) is 8.13. The van der Waals surface area contributed by atoms with Crippen molar-refractivity contribution in [1.82, 2.24) is 24.7 Å². The van der Waals surface area contributed by atoms with Crippen molar-refractivity contribution in [2.45, 2.75) is 12.1 Å². The number of hydrogen-bond donors (Lipinski definition) is 1. The summed E-state index contributed by atoms with van der Waals surface area (Å²) in [6.07, 6.45) is 3.69. The summed E-state index contributed by atoms with van der Waals surface area (Å²) in [5, 5.41) is 6.45. The molecule has 0 radical (unpaired) electrons. The van der Waals surface area contributed by atoms with E-state index in [4.69, 9.17) is 0 Å². The third kappa shape index (κ3) is 3.71. The van der Waals surface area contributed by atoms with E-state index in [0.29, 0.717) is 16.6 Å². The first-order valence-electron chi connectivity index (χ1n) is 11.1. The first-order valence-corrected chi connectivity index (χ1v) is 11.9. The highest BCUT2D eigenvalue weighted by Gasteiger charge is 2.41. The van der Waals surface area contributed by atoms with E-state index in [-0.39, 0.29) is 17.9 Å². The van der Waals surface area contributed by atoms with Gasteiger partial charge in [0.2, 0.25) is 0 Å². The van der Waals surface area contributed by atoms with Gasteiger partial charge in [-0.05, 0) is 35.7 Å². The van der Waals surface area contributed by atoms with Crippen molar-refractivity contribution in [2.75, 3.05) is 26.2 Å². The second-order valence-corrected chi connectivity index (χ2v) is 9.51. The molecule has 1 N–H and O–H groups in total. The SMILES string of the molecule is O=C(NC1CN(C2CN(C(=O)c3ccc4ccn(-c5ccccc5)c4c3)C2)C1)c1nccs1. The molecular weight excluding hydrogens is 434 g/mol. The molecule has 0 unspecified atom stereocenters. The number of nitrogens with one attached hydrogen (secondary N) is 1. The number of aromatic nitrogens is 2. The molecule has 2 fully saturated rings. The van der Waals surface area contributed by atoms with Crippen molar-refractivity contribution < 1.29 is 9.59 Å². The molecule has 0 atom stereocenters. The number of carbonyl (C=O) groups excluding carboxylic acids is 2. The zero-order valence-electron chi connectivity index (χ0n) is 17.9. The molecule has 8 heteroatoms. The molecule has 7 nitrogen and oxygen atoms in total. The third-order valence-corrected chi connectivity index (χ3v) is 7.28. The van der Waals surface area contributed by atoms with Crippen molar-refractivity contribution in [3.05, 3.63) is 82.9 Å². The summed E-state index contributed by atoms with van der Waals surface area (Å²) >= 11 is 1.35. The highest BCUT2D eigenvalue weighted by Crippen LogP contribution is 2.26. The van der Waals surface area contributed by atoms with Gasteiger partial charge in [0.05, 0.1) is 11.6 Å². The number of benzene rings is 2. The maximum absolute atomic E-state index is 13.1. The normalized spacial score (nSPS) is 17.0. The van der Waals surface area contributed by atoms with Crippen LogP contribution in [-0.4, -0.2) is 69.4 Å². The standard InChI is InChI=1S/C25H23N5O2S/c31-23(24-26-9-11-33-24)27-19-13-28(14-19)21-15-29(16-21)25(32)18-7-6-17-8-10-30(22(17)12-18)20-4-2-1-3-5-20/h1-12,19,21H,13-16H2,(H,27,31). The molecule has 2 aliphatic rings. The summed E-state index contributed by atoms with van der Waals surface area (Å²) in [5.74, 6) is -0.0289. The summed E-state index contributed by atoms with van der Waals surface area (Å²) in [7, 11) is 0. The molecular formula is C25H23N5O2S. The Kier molecular flexibility index (Phi) is 4.96. The molecule has 0 saturated carbocycles. The van der Waals surface area contributed by atoms with Crippen molar-refractivity contribution >= 4 is 34.1 Å². The van der Waals surface area contributed by atoms with Crippen LogP contribution in [0.2, 0.25) is 0 Å². The molecule has 6 rings (SSSR count). The van der Waals surface area contributed by atoms with Crippen molar-refractivity contribution in [2.24, 2.45) is 0 Å². The van der Waals surface area contributed by atoms with Gasteiger partial charge in [-0.25, -0.2) is 4.98 Å². The minimum atomic E-state index is -0.101. The number of carbonyl (C=O) groups is 2. The summed E-state index contributed by atoms with van der Waals surface area (Å²) in [5.41, 5.74) is 2.83. The van der Waals surface area contributed by atoms with Gasteiger partial charge in [0.1, 0.15) is 0 Å². The fourth-order valence-corrected chi connectivity index (χ4v) is 5.13. The van der Waals surface area contributed by atoms with Gasteiger partial charge >= 0.3 is 0 Å². The molecule has 2 aromatic heterocycles. The smallest absolute Gasteiger partial charge is 0.280 e. The van der Waals surface area contributed by atoms with Gasteiger partial charge in [-0.2, -0.15) is 0 Å². The first kappa shape index (κ1) is 20.1. The van der Waals surface area contributed by atoms with Crippen LogP contribution in [-0.2, 0) is 0 Å². The summed E-state index contributed by atoms with van der Waals surface area (Å²) in [4.78, 5) is 33.5. The minimum Gasteiger partial charge on any atom is -0.345 e. The molecule has 2 amide bonds. The van der Waals surface area contributed by atoms with Crippen LogP contribution in [0.1, 0.15) is 20.2 Å². The minimum absolute atomic E-state index is 0.0723. The molecule has 0 spiro atoms. The van der Waals surface area contributed by atoms with Crippen LogP contribution in [0.5, 0.6) is 0 Å². The topological polar surface area (TPSA) is 70.5 Å². The van der Waals surface area contributed by atoms with E-state index in [1.807, 2.05) is 47.5 Å². The number of thiazole rings is 1. The molecule has 166 valence electrons. The Bertz CT molecular complexity index is 1310. The highest BCUT2D eigenvalue weighted by molar-refractivity contribution is 7.11. The van der Waals surface area contributed by atoms with E-state index in [2.05, 4.69) is 38.0 Å². The van der Waals surface area contributed by atoms with Gasteiger partial charge < -0.3 is 14.8 Å². The molecule has 33 heavy (non-hydrogen) atoms. The maximum atomic E-state index is 13.1. The Balaban J connectivity index is 1.06. The number of nitrogens with zero attached hydrogens (tertiary/aromatic N) is 4. The lowest BCUT2D eigenvalue weighted by atomic mass is 9.98. The molecule has 2 aromatic carbocycles. The average Bonchev–Trinajstić information content (AvgIpc) is 3.46. The Morgan fingerprint density at radius 1 is 1.00 bits per heavy atom. The number of para-hydroxylation sites is 1. The van der Waals surface area contributed by atoms with E-state index in [0.717, 1.165) is 42.8 Å². The number of amides is 2. The van der Waals surface area contributed by atoms with E-state index >= 15 is 0 Å². The van der Waals surface area contributed by atoms with Crippen LogP contribution in [0.3, 0.4) is 0 Å². The van der Waals surface area contributed by atoms with Crippen LogP contribution in [0.4, 0.5) is 0 Å². The predicted octanol–water partition coefficient (Wildman–Crippen LogP) is 3.03. The zero-order chi connectivity index (χ0) is 22.4. The third-order valence-electron chi connectivity index (χ3n) is 6.51. The number of hydrogen-bond acceptors (Lipinski definition) is 5. The van der Waals surface area contributed by atoms with Gasteiger partial charge in [-0.1, -0.05) is 24.3 Å². The summed E-state index contributed by atoms with van der Waals surface area (Å²) in [6.45, 7) is 3.09. The Hall–Kier alpha value is -3.49. The van der Waals surface area contributed by atoms with Gasteiger partial charge in [0, 0.05) is 61.2 Å². The molecule has 4 heterocycles. The van der Waals surface area contributed by atoms with Gasteiger partial charge in [0.15, 0.2) is 5.01 Å². The van der Waals surface area contributed by atoms with Crippen LogP contribution >= 0.6 is 11.3 Å². The number of rotatable bonds is 5. The van der Waals surface area contributed by atoms with Gasteiger partial charge in [-0.15, -0.1) is 11.3 Å². The first-order chi connectivity index (χ1) is 16.2. The second-order valence-electron chi connectivity index (χ2n) is 8.62. The largest absolute Gasteiger partial charge is 0.345 e. The van der Waals surface area contributed by atoms with Crippen molar-refractivity contribution in [3.63, 3.8) is 0 Å². The van der Waals surface area contributed by atoms with E-state index < -0.39 is 0 Å². The number of likely N-dealkylation sites (tertiary alicyclic amines) is 2. The van der Waals surface area contributed by atoms with E-state index in [9.17, 15) is 9.59 Å². The summed E-state index contributed by atoms with van der Waals surface area (Å²) in [6, 6.07) is 18.7.